The monoisotopic (exact) mass is 217 g/mol. The van der Waals surface area contributed by atoms with E-state index in [-0.39, 0.29) is 6.42 Å². The van der Waals surface area contributed by atoms with Gasteiger partial charge in [0.05, 0.1) is 13.0 Å². The van der Waals surface area contributed by atoms with Gasteiger partial charge < -0.3 is 15.6 Å². The van der Waals surface area contributed by atoms with Gasteiger partial charge in [0.25, 0.3) is 0 Å². The molecule has 0 fully saturated rings. The van der Waals surface area contributed by atoms with Crippen molar-refractivity contribution in [2.45, 2.75) is 45.1 Å². The standard InChI is InChI=1S/C10H19NO4/c1-2-3-4-5-6-15-10(14)8(11)7-9(12)13/h8H,2-7,11H2,1H3,(H,12,13)/t8-/m0/s1. The van der Waals surface area contributed by atoms with E-state index in [9.17, 15) is 9.59 Å². The van der Waals surface area contributed by atoms with Crippen molar-refractivity contribution in [2.75, 3.05) is 6.61 Å². The minimum absolute atomic E-state index is 0.326. The summed E-state index contributed by atoms with van der Waals surface area (Å²) in [5.74, 6) is -1.72. The van der Waals surface area contributed by atoms with Crippen molar-refractivity contribution in [1.29, 1.82) is 0 Å². The molecule has 0 radical (unpaired) electrons. The normalized spacial score (nSPS) is 12.1. The number of esters is 1. The number of rotatable bonds is 8. The van der Waals surface area contributed by atoms with Crippen LogP contribution < -0.4 is 5.73 Å². The molecule has 0 aliphatic heterocycles. The summed E-state index contributed by atoms with van der Waals surface area (Å²) in [5.41, 5.74) is 5.30. The molecule has 0 aromatic rings. The molecule has 0 rings (SSSR count). The van der Waals surface area contributed by atoms with Crippen molar-refractivity contribution in [1.82, 2.24) is 0 Å². The zero-order valence-corrected chi connectivity index (χ0v) is 9.07. The van der Waals surface area contributed by atoms with Crippen molar-refractivity contribution >= 4 is 11.9 Å². The molecule has 0 saturated heterocycles. The Balaban J connectivity index is 3.51. The van der Waals surface area contributed by atoms with Crippen molar-refractivity contribution in [3.05, 3.63) is 0 Å². The summed E-state index contributed by atoms with van der Waals surface area (Å²) >= 11 is 0. The topological polar surface area (TPSA) is 89.6 Å². The summed E-state index contributed by atoms with van der Waals surface area (Å²) in [5, 5.41) is 8.39. The van der Waals surface area contributed by atoms with Crippen LogP contribution in [0.25, 0.3) is 0 Å². The summed E-state index contributed by atoms with van der Waals surface area (Å²) in [7, 11) is 0. The second-order valence-electron chi connectivity index (χ2n) is 3.43. The Labute approximate surface area is 89.6 Å². The molecule has 0 unspecified atom stereocenters. The van der Waals surface area contributed by atoms with Crippen molar-refractivity contribution < 1.29 is 19.4 Å². The lowest BCUT2D eigenvalue weighted by molar-refractivity contribution is -0.149. The Morgan fingerprint density at radius 2 is 2.00 bits per heavy atom. The Morgan fingerprint density at radius 3 is 2.53 bits per heavy atom. The lowest BCUT2D eigenvalue weighted by Crippen LogP contribution is -2.34. The quantitative estimate of drug-likeness (QED) is 0.466. The van der Waals surface area contributed by atoms with Crippen molar-refractivity contribution in [3.8, 4) is 0 Å². The van der Waals surface area contributed by atoms with Gasteiger partial charge in [-0.2, -0.15) is 0 Å². The minimum Gasteiger partial charge on any atom is -0.481 e. The molecule has 0 bridgehead atoms. The van der Waals surface area contributed by atoms with E-state index in [1.807, 2.05) is 0 Å². The third kappa shape index (κ3) is 7.93. The zero-order chi connectivity index (χ0) is 11.7. The molecule has 0 saturated carbocycles. The summed E-state index contributed by atoms with van der Waals surface area (Å²) in [6.07, 6.45) is 3.66. The number of carboxylic acid groups (broad SMARTS) is 1. The Hall–Kier alpha value is -1.10. The second kappa shape index (κ2) is 8.23. The van der Waals surface area contributed by atoms with E-state index < -0.39 is 18.0 Å². The summed E-state index contributed by atoms with van der Waals surface area (Å²) < 4.78 is 4.82. The van der Waals surface area contributed by atoms with Crippen LogP contribution in [-0.2, 0) is 14.3 Å². The van der Waals surface area contributed by atoms with Gasteiger partial charge in [0.15, 0.2) is 0 Å². The first kappa shape index (κ1) is 13.9. The first-order valence-electron chi connectivity index (χ1n) is 5.22. The maximum atomic E-state index is 11.1. The summed E-state index contributed by atoms with van der Waals surface area (Å²) in [6.45, 7) is 2.42. The van der Waals surface area contributed by atoms with Gasteiger partial charge in [0.1, 0.15) is 6.04 Å². The Bertz CT molecular complexity index is 206. The largest absolute Gasteiger partial charge is 0.481 e. The number of ether oxygens (including phenoxy) is 1. The molecule has 0 spiro atoms. The fourth-order valence-corrected chi connectivity index (χ4v) is 1.08. The number of unbranched alkanes of at least 4 members (excludes halogenated alkanes) is 3. The molecule has 5 nitrogen and oxygen atoms in total. The average Bonchev–Trinajstić information content (AvgIpc) is 2.16. The van der Waals surface area contributed by atoms with E-state index in [1.165, 1.54) is 0 Å². The predicted molar refractivity (Wildman–Crippen MR) is 55.3 cm³/mol. The van der Waals surface area contributed by atoms with Gasteiger partial charge in [-0.05, 0) is 6.42 Å². The molecule has 1 atom stereocenters. The lowest BCUT2D eigenvalue weighted by atomic mass is 10.2. The van der Waals surface area contributed by atoms with Gasteiger partial charge >= 0.3 is 11.9 Å². The second-order valence-corrected chi connectivity index (χ2v) is 3.43. The van der Waals surface area contributed by atoms with Crippen LogP contribution in [0.2, 0.25) is 0 Å². The molecule has 3 N–H and O–H groups in total. The fourth-order valence-electron chi connectivity index (χ4n) is 1.08. The maximum Gasteiger partial charge on any atom is 0.323 e. The Morgan fingerprint density at radius 1 is 1.33 bits per heavy atom. The molecule has 88 valence electrons. The zero-order valence-electron chi connectivity index (χ0n) is 9.07. The van der Waals surface area contributed by atoms with Gasteiger partial charge in [-0.1, -0.05) is 26.2 Å². The maximum absolute atomic E-state index is 11.1. The highest BCUT2D eigenvalue weighted by Gasteiger charge is 2.17. The van der Waals surface area contributed by atoms with Crippen LogP contribution in [0, 0.1) is 0 Å². The molecule has 0 aliphatic carbocycles. The van der Waals surface area contributed by atoms with Gasteiger partial charge in [0, 0.05) is 0 Å². The molecule has 0 aromatic heterocycles. The van der Waals surface area contributed by atoms with Crippen LogP contribution in [0.15, 0.2) is 0 Å². The first-order chi connectivity index (χ1) is 7.07. The average molecular weight is 217 g/mol. The molecule has 0 amide bonds. The van der Waals surface area contributed by atoms with Crippen LogP contribution in [-0.4, -0.2) is 29.7 Å². The van der Waals surface area contributed by atoms with E-state index in [0.29, 0.717) is 6.61 Å². The van der Waals surface area contributed by atoms with Gasteiger partial charge in [-0.15, -0.1) is 0 Å². The molecular weight excluding hydrogens is 198 g/mol. The number of carboxylic acids is 1. The molecule has 0 aliphatic rings. The van der Waals surface area contributed by atoms with Crippen LogP contribution in [0.5, 0.6) is 0 Å². The molecule has 5 heteroatoms. The number of hydrogen-bond acceptors (Lipinski definition) is 4. The van der Waals surface area contributed by atoms with Crippen LogP contribution >= 0.6 is 0 Å². The van der Waals surface area contributed by atoms with E-state index in [0.717, 1.165) is 25.7 Å². The fraction of sp³-hybridized carbons (Fsp3) is 0.800. The third-order valence-electron chi connectivity index (χ3n) is 1.94. The molecular formula is C10H19NO4. The van der Waals surface area contributed by atoms with Crippen LogP contribution in [0.4, 0.5) is 0 Å². The highest BCUT2D eigenvalue weighted by Crippen LogP contribution is 2.00. The van der Waals surface area contributed by atoms with E-state index in [1.54, 1.807) is 0 Å². The predicted octanol–water partition coefficient (Wildman–Crippen LogP) is 0.912. The number of carbonyl (C=O) groups is 2. The smallest absolute Gasteiger partial charge is 0.323 e. The highest BCUT2D eigenvalue weighted by molar-refractivity contribution is 5.81. The van der Waals surface area contributed by atoms with E-state index >= 15 is 0 Å². The Kier molecular flexibility index (Phi) is 7.62. The first-order valence-corrected chi connectivity index (χ1v) is 5.22. The molecule has 0 aromatic carbocycles. The highest BCUT2D eigenvalue weighted by atomic mass is 16.5. The summed E-state index contributed by atoms with van der Waals surface area (Å²) in [6, 6.07) is -1.05. The lowest BCUT2D eigenvalue weighted by Gasteiger charge is -2.08. The van der Waals surface area contributed by atoms with Gasteiger partial charge in [0.2, 0.25) is 0 Å². The van der Waals surface area contributed by atoms with Crippen LogP contribution in [0.3, 0.4) is 0 Å². The molecule has 0 heterocycles. The SMILES string of the molecule is CCCCCCOC(=O)[C@@H](N)CC(=O)O. The number of hydrogen-bond donors (Lipinski definition) is 2. The van der Waals surface area contributed by atoms with E-state index in [4.69, 9.17) is 15.6 Å². The summed E-state index contributed by atoms with van der Waals surface area (Å²) in [4.78, 5) is 21.3. The molecule has 15 heavy (non-hydrogen) atoms. The van der Waals surface area contributed by atoms with Crippen molar-refractivity contribution in [3.63, 3.8) is 0 Å². The number of aliphatic carboxylic acids is 1. The van der Waals surface area contributed by atoms with E-state index in [2.05, 4.69) is 6.92 Å². The van der Waals surface area contributed by atoms with Crippen LogP contribution in [0.1, 0.15) is 39.0 Å². The third-order valence-corrected chi connectivity index (χ3v) is 1.94. The van der Waals surface area contributed by atoms with Crippen molar-refractivity contribution in [2.24, 2.45) is 5.73 Å². The number of nitrogens with two attached hydrogens (primary N) is 1. The van der Waals surface area contributed by atoms with Gasteiger partial charge in [-0.25, -0.2) is 0 Å². The minimum atomic E-state index is -1.09. The number of carbonyl (C=O) groups excluding carboxylic acids is 1. The van der Waals surface area contributed by atoms with Gasteiger partial charge in [-0.3, -0.25) is 9.59 Å².